The molecule has 3 aromatic carbocycles. The lowest BCUT2D eigenvalue weighted by Gasteiger charge is -2.44. The van der Waals surface area contributed by atoms with Gasteiger partial charge < -0.3 is 28.5 Å². The average molecular weight is 649 g/mol. The molecular formula is C38H52O7Si. The van der Waals surface area contributed by atoms with Crippen LogP contribution in [0.5, 0.6) is 17.2 Å². The number of aliphatic hydroxyl groups excluding tert-OH is 1. The lowest BCUT2D eigenvalue weighted by atomic mass is 9.78. The first-order valence-corrected chi connectivity index (χ1v) is 18.1. The predicted octanol–water partition coefficient (Wildman–Crippen LogP) is 6.27. The van der Waals surface area contributed by atoms with E-state index in [2.05, 4.69) is 69.3 Å². The molecule has 1 fully saturated rings. The van der Waals surface area contributed by atoms with E-state index in [-0.39, 0.29) is 41.6 Å². The lowest BCUT2D eigenvalue weighted by molar-refractivity contribution is -0.172. The summed E-state index contributed by atoms with van der Waals surface area (Å²) >= 11 is 0. The Morgan fingerprint density at radius 3 is 1.91 bits per heavy atom. The summed E-state index contributed by atoms with van der Waals surface area (Å²) in [6.45, 7) is 14.7. The van der Waals surface area contributed by atoms with Gasteiger partial charge in [0.15, 0.2) is 11.5 Å². The largest absolute Gasteiger partial charge is 0.496 e. The summed E-state index contributed by atoms with van der Waals surface area (Å²) in [6, 6.07) is 22.8. The summed E-state index contributed by atoms with van der Waals surface area (Å²) in [5.74, 6) is 0.892. The molecule has 0 amide bonds. The van der Waals surface area contributed by atoms with Crippen molar-refractivity contribution in [2.45, 2.75) is 78.2 Å². The number of Topliss-reactive ketones (excluding diaryl/α,β-unsaturated/α-hetero) is 1. The van der Waals surface area contributed by atoms with Crippen LogP contribution < -0.4 is 24.6 Å². The Bertz CT molecular complexity index is 1410. The van der Waals surface area contributed by atoms with Crippen LogP contribution in [-0.4, -0.2) is 59.4 Å². The number of methoxy groups -OCH3 is 3. The minimum absolute atomic E-state index is 0.0429. The van der Waals surface area contributed by atoms with E-state index in [9.17, 15) is 9.90 Å². The van der Waals surface area contributed by atoms with Gasteiger partial charge in [-0.3, -0.25) is 4.79 Å². The number of ketones is 1. The zero-order valence-corrected chi connectivity index (χ0v) is 30.1. The fourth-order valence-corrected chi connectivity index (χ4v) is 11.7. The van der Waals surface area contributed by atoms with Crippen LogP contribution in [0.3, 0.4) is 0 Å². The Morgan fingerprint density at radius 2 is 1.43 bits per heavy atom. The molecule has 1 heterocycles. The first-order chi connectivity index (χ1) is 21.8. The van der Waals surface area contributed by atoms with E-state index in [0.29, 0.717) is 17.2 Å². The molecular weight excluding hydrogens is 596 g/mol. The molecule has 0 aliphatic carbocycles. The Balaban J connectivity index is 1.60. The molecule has 1 saturated heterocycles. The predicted molar refractivity (Wildman–Crippen MR) is 185 cm³/mol. The van der Waals surface area contributed by atoms with Gasteiger partial charge in [-0.2, -0.15) is 0 Å². The van der Waals surface area contributed by atoms with E-state index in [1.165, 1.54) is 10.4 Å². The maximum Gasteiger partial charge on any atom is 0.261 e. The second-order valence-electron chi connectivity index (χ2n) is 13.7. The molecule has 7 nitrogen and oxygen atoms in total. The standard InChI is InChI=1S/C38H52O7Si/c1-24(23-44-46(38(5,6)7,28-17-13-11-14-18-28)29-19-15-12-16-20-29)31(39)22-33-25(2)34(40)27(4)35(45-33)30-21-32(41-8)26(3)36(42-9)37(30)43-10/h11-21,24-25,27,33-35,40H,22-23H2,1-10H3/t24-,25+,27-,33-,34+,35-/m1/s1. The Kier molecular flexibility index (Phi) is 11.4. The van der Waals surface area contributed by atoms with E-state index >= 15 is 0 Å². The number of benzene rings is 3. The summed E-state index contributed by atoms with van der Waals surface area (Å²) < 4.78 is 30.9. The highest BCUT2D eigenvalue weighted by atomic mass is 28.4. The fourth-order valence-electron chi connectivity index (χ4n) is 7.02. The molecule has 46 heavy (non-hydrogen) atoms. The van der Waals surface area contributed by atoms with Gasteiger partial charge in [-0.25, -0.2) is 0 Å². The maximum absolute atomic E-state index is 13.9. The van der Waals surface area contributed by atoms with Gasteiger partial charge in [-0.05, 0) is 28.4 Å². The average Bonchev–Trinajstić information content (AvgIpc) is 3.05. The molecule has 0 bridgehead atoms. The molecule has 1 N–H and O–H groups in total. The van der Waals surface area contributed by atoms with Crippen molar-refractivity contribution in [1.29, 1.82) is 0 Å². The van der Waals surface area contributed by atoms with Gasteiger partial charge in [0.2, 0.25) is 0 Å². The summed E-state index contributed by atoms with van der Waals surface area (Å²) in [6.07, 6.45) is -1.56. The second-order valence-corrected chi connectivity index (χ2v) is 18.0. The molecule has 0 saturated carbocycles. The van der Waals surface area contributed by atoms with Gasteiger partial charge in [-0.15, -0.1) is 0 Å². The van der Waals surface area contributed by atoms with Crippen molar-refractivity contribution >= 4 is 24.5 Å². The smallest absolute Gasteiger partial charge is 0.261 e. The van der Waals surface area contributed by atoms with Gasteiger partial charge in [0.25, 0.3) is 8.32 Å². The number of aliphatic hydroxyl groups is 1. The van der Waals surface area contributed by atoms with Crippen molar-refractivity contribution in [3.05, 3.63) is 77.9 Å². The quantitative estimate of drug-likeness (QED) is 0.232. The number of hydrogen-bond donors (Lipinski definition) is 1. The normalized spacial score (nSPS) is 22.6. The summed E-state index contributed by atoms with van der Waals surface area (Å²) in [5, 5.41) is 13.6. The highest BCUT2D eigenvalue weighted by Gasteiger charge is 2.50. The van der Waals surface area contributed by atoms with Crippen LogP contribution in [0.4, 0.5) is 0 Å². The van der Waals surface area contributed by atoms with Crippen LogP contribution >= 0.6 is 0 Å². The zero-order chi connectivity index (χ0) is 33.8. The Hall–Kier alpha value is -3.17. The molecule has 1 aliphatic rings. The highest BCUT2D eigenvalue weighted by molar-refractivity contribution is 6.99. The van der Waals surface area contributed by atoms with Crippen LogP contribution in [0, 0.1) is 24.7 Å². The summed E-state index contributed by atoms with van der Waals surface area (Å²) in [4.78, 5) is 13.9. The van der Waals surface area contributed by atoms with Crippen molar-refractivity contribution in [3.8, 4) is 17.2 Å². The SMILES string of the molecule is COc1cc([C@@H]2O[C@H](CC(=O)[C@H](C)CO[Si](c3ccccc3)(c3ccccc3)C(C)(C)C)[C@H](C)[C@H](O)[C@H]2C)c(OC)c(OC)c1C. The van der Waals surface area contributed by atoms with Crippen molar-refractivity contribution in [1.82, 2.24) is 0 Å². The second kappa shape index (κ2) is 14.7. The van der Waals surface area contributed by atoms with Crippen molar-refractivity contribution in [2.24, 2.45) is 17.8 Å². The van der Waals surface area contributed by atoms with E-state index < -0.39 is 26.6 Å². The topological polar surface area (TPSA) is 83.5 Å². The molecule has 6 atom stereocenters. The van der Waals surface area contributed by atoms with Crippen LogP contribution in [-0.2, 0) is 14.0 Å². The Labute approximate surface area is 276 Å². The summed E-state index contributed by atoms with van der Waals surface area (Å²) in [5.41, 5.74) is 1.53. The summed E-state index contributed by atoms with van der Waals surface area (Å²) in [7, 11) is 2.00. The van der Waals surface area contributed by atoms with Crippen LogP contribution in [0.25, 0.3) is 0 Å². The van der Waals surface area contributed by atoms with Crippen LogP contribution in [0.1, 0.15) is 65.2 Å². The van der Waals surface area contributed by atoms with Gasteiger partial charge in [0.05, 0.1) is 39.6 Å². The first-order valence-electron chi connectivity index (χ1n) is 16.2. The third-order valence-corrected chi connectivity index (χ3v) is 14.8. The molecule has 4 rings (SSSR count). The van der Waals surface area contributed by atoms with Crippen molar-refractivity contribution in [2.75, 3.05) is 27.9 Å². The maximum atomic E-state index is 13.9. The Morgan fingerprint density at radius 1 is 0.891 bits per heavy atom. The number of carbonyl (C=O) groups is 1. The number of carbonyl (C=O) groups excluding carboxylic acids is 1. The minimum Gasteiger partial charge on any atom is -0.496 e. The third-order valence-electron chi connectivity index (χ3n) is 9.78. The van der Waals surface area contributed by atoms with Gasteiger partial charge >= 0.3 is 0 Å². The number of rotatable bonds is 12. The van der Waals surface area contributed by atoms with Crippen LogP contribution in [0.2, 0.25) is 5.04 Å². The van der Waals surface area contributed by atoms with E-state index in [1.807, 2.05) is 45.9 Å². The fraction of sp³-hybridized carbons (Fsp3) is 0.500. The molecule has 0 spiro atoms. The number of hydrogen-bond acceptors (Lipinski definition) is 7. The number of ether oxygens (including phenoxy) is 4. The molecule has 8 heteroatoms. The molecule has 0 unspecified atom stereocenters. The van der Waals surface area contributed by atoms with Crippen molar-refractivity contribution in [3.63, 3.8) is 0 Å². The van der Waals surface area contributed by atoms with E-state index in [4.69, 9.17) is 23.4 Å². The highest BCUT2D eigenvalue weighted by Crippen LogP contribution is 2.49. The van der Waals surface area contributed by atoms with Crippen molar-refractivity contribution < 1.29 is 33.3 Å². The molecule has 250 valence electrons. The minimum atomic E-state index is -2.79. The van der Waals surface area contributed by atoms with E-state index in [1.54, 1.807) is 21.3 Å². The van der Waals surface area contributed by atoms with Crippen LogP contribution in [0.15, 0.2) is 66.7 Å². The zero-order valence-electron chi connectivity index (χ0n) is 29.1. The molecule has 0 aromatic heterocycles. The van der Waals surface area contributed by atoms with Gasteiger partial charge in [-0.1, -0.05) is 102 Å². The monoisotopic (exact) mass is 648 g/mol. The molecule has 1 aliphatic heterocycles. The molecule has 3 aromatic rings. The van der Waals surface area contributed by atoms with Gasteiger partial charge in [0, 0.05) is 41.9 Å². The van der Waals surface area contributed by atoms with E-state index in [0.717, 1.165) is 11.1 Å². The molecule has 0 radical (unpaired) electrons. The first kappa shape index (κ1) is 35.7. The third kappa shape index (κ3) is 6.77. The lowest BCUT2D eigenvalue weighted by Crippen LogP contribution is -2.67. The van der Waals surface area contributed by atoms with Gasteiger partial charge in [0.1, 0.15) is 11.5 Å².